The molecule has 1 heterocycles. The first-order chi connectivity index (χ1) is 13.3. The lowest BCUT2D eigenvalue weighted by molar-refractivity contribution is -0.136. The first-order valence-electron chi connectivity index (χ1n) is 9.20. The molecule has 156 valence electrons. The van der Waals surface area contributed by atoms with Gasteiger partial charge >= 0.3 is 5.97 Å². The van der Waals surface area contributed by atoms with Crippen LogP contribution in [0.25, 0.3) is 0 Å². The maximum Gasteiger partial charge on any atom is 0.342 e. The fourth-order valence-electron chi connectivity index (χ4n) is 3.12. The van der Waals surface area contributed by atoms with Crippen LogP contribution in [0.5, 0.6) is 11.5 Å². The predicted octanol–water partition coefficient (Wildman–Crippen LogP) is 1.68. The Morgan fingerprint density at radius 1 is 1.21 bits per heavy atom. The molecule has 0 N–H and O–H groups in total. The van der Waals surface area contributed by atoms with Crippen molar-refractivity contribution in [2.75, 3.05) is 38.9 Å². The van der Waals surface area contributed by atoms with Crippen LogP contribution in [0.1, 0.15) is 36.5 Å². The van der Waals surface area contributed by atoms with Crippen LogP contribution in [0.4, 0.5) is 0 Å². The van der Waals surface area contributed by atoms with Crippen molar-refractivity contribution in [2.45, 2.75) is 32.2 Å². The SMILES string of the molecule is CCCCN(C(=O)COC(=O)c1ccc(OC)cc1OC)[C@@H]1CCS(=O)(=O)C1. The number of carbonyl (C=O) groups is 2. The fraction of sp³-hybridized carbons (Fsp3) is 0.579. The number of carbonyl (C=O) groups excluding carboxylic acids is 2. The van der Waals surface area contributed by atoms with Crippen molar-refractivity contribution >= 4 is 21.7 Å². The third kappa shape index (κ3) is 5.60. The summed E-state index contributed by atoms with van der Waals surface area (Å²) >= 11 is 0. The summed E-state index contributed by atoms with van der Waals surface area (Å²) in [5, 5.41) is 0. The molecular formula is C19H27NO7S. The maximum atomic E-state index is 12.6. The molecule has 0 aromatic heterocycles. The van der Waals surface area contributed by atoms with Crippen molar-refractivity contribution in [3.8, 4) is 11.5 Å². The molecule has 1 amide bonds. The summed E-state index contributed by atoms with van der Waals surface area (Å²) in [5.41, 5.74) is 0.180. The first kappa shape index (κ1) is 22.0. The Morgan fingerprint density at radius 2 is 1.96 bits per heavy atom. The van der Waals surface area contributed by atoms with Crippen LogP contribution in [0.15, 0.2) is 18.2 Å². The molecule has 1 saturated heterocycles. The van der Waals surface area contributed by atoms with Gasteiger partial charge in [-0.1, -0.05) is 13.3 Å². The second-order valence-corrected chi connectivity index (χ2v) is 8.87. The average molecular weight is 413 g/mol. The van der Waals surface area contributed by atoms with Crippen molar-refractivity contribution < 1.29 is 32.2 Å². The van der Waals surface area contributed by atoms with Crippen LogP contribution in [-0.4, -0.2) is 70.1 Å². The summed E-state index contributed by atoms with van der Waals surface area (Å²) in [6, 6.07) is 4.29. The quantitative estimate of drug-likeness (QED) is 0.568. The third-order valence-corrected chi connectivity index (χ3v) is 6.43. The Bertz CT molecular complexity index is 807. The van der Waals surface area contributed by atoms with Gasteiger partial charge in [0.25, 0.3) is 5.91 Å². The van der Waals surface area contributed by atoms with Crippen molar-refractivity contribution in [3.63, 3.8) is 0 Å². The Hall–Kier alpha value is -2.29. The minimum atomic E-state index is -3.12. The van der Waals surface area contributed by atoms with Gasteiger partial charge in [0.1, 0.15) is 17.1 Å². The summed E-state index contributed by atoms with van der Waals surface area (Å²) in [4.78, 5) is 26.6. The number of hydrogen-bond acceptors (Lipinski definition) is 7. The minimum Gasteiger partial charge on any atom is -0.497 e. The van der Waals surface area contributed by atoms with E-state index in [1.165, 1.54) is 25.2 Å². The number of hydrogen-bond donors (Lipinski definition) is 0. The third-order valence-electron chi connectivity index (χ3n) is 4.68. The summed E-state index contributed by atoms with van der Waals surface area (Å²) in [6.45, 7) is 1.98. The Morgan fingerprint density at radius 3 is 2.54 bits per heavy atom. The lowest BCUT2D eigenvalue weighted by Gasteiger charge is -2.28. The van der Waals surface area contributed by atoms with Crippen LogP contribution >= 0.6 is 0 Å². The second kappa shape index (κ2) is 9.77. The molecule has 2 rings (SSSR count). The summed E-state index contributed by atoms with van der Waals surface area (Å²) < 4.78 is 39.0. The largest absolute Gasteiger partial charge is 0.497 e. The molecule has 0 unspecified atom stereocenters. The van der Waals surface area contributed by atoms with Gasteiger partial charge in [0, 0.05) is 18.7 Å². The maximum absolute atomic E-state index is 12.6. The molecule has 1 aromatic rings. The van der Waals surface area contributed by atoms with Crippen LogP contribution in [0.2, 0.25) is 0 Å². The summed E-state index contributed by atoms with van der Waals surface area (Å²) in [5.74, 6) is -0.239. The molecular weight excluding hydrogens is 386 g/mol. The number of ether oxygens (including phenoxy) is 3. The van der Waals surface area contributed by atoms with Gasteiger partial charge in [-0.25, -0.2) is 13.2 Å². The molecule has 1 aliphatic rings. The van der Waals surface area contributed by atoms with Crippen molar-refractivity contribution in [3.05, 3.63) is 23.8 Å². The van der Waals surface area contributed by atoms with Gasteiger partial charge < -0.3 is 19.1 Å². The monoisotopic (exact) mass is 413 g/mol. The molecule has 0 spiro atoms. The van der Waals surface area contributed by atoms with E-state index in [4.69, 9.17) is 14.2 Å². The van der Waals surface area contributed by atoms with Gasteiger partial charge in [0.2, 0.25) is 0 Å². The van der Waals surface area contributed by atoms with Gasteiger partial charge in [-0.3, -0.25) is 4.79 Å². The van der Waals surface area contributed by atoms with E-state index in [1.54, 1.807) is 12.1 Å². The van der Waals surface area contributed by atoms with Gasteiger partial charge in [0.15, 0.2) is 16.4 Å². The Kier molecular flexibility index (Phi) is 7.68. The van der Waals surface area contributed by atoms with E-state index in [9.17, 15) is 18.0 Å². The molecule has 1 fully saturated rings. The summed E-state index contributed by atoms with van der Waals surface area (Å²) in [7, 11) is -0.199. The number of benzene rings is 1. The van der Waals surface area contributed by atoms with Crippen LogP contribution in [0.3, 0.4) is 0 Å². The van der Waals surface area contributed by atoms with E-state index >= 15 is 0 Å². The molecule has 1 aromatic carbocycles. The van der Waals surface area contributed by atoms with E-state index in [-0.39, 0.29) is 28.9 Å². The van der Waals surface area contributed by atoms with E-state index in [2.05, 4.69) is 0 Å². The smallest absolute Gasteiger partial charge is 0.342 e. The molecule has 8 nitrogen and oxygen atoms in total. The Balaban J connectivity index is 2.04. The van der Waals surface area contributed by atoms with Crippen molar-refractivity contribution in [2.24, 2.45) is 0 Å². The van der Waals surface area contributed by atoms with Crippen LogP contribution < -0.4 is 9.47 Å². The van der Waals surface area contributed by atoms with Crippen molar-refractivity contribution in [1.29, 1.82) is 0 Å². The molecule has 1 atom stereocenters. The molecule has 9 heteroatoms. The number of methoxy groups -OCH3 is 2. The van der Waals surface area contributed by atoms with Gasteiger partial charge in [0.05, 0.1) is 25.7 Å². The first-order valence-corrected chi connectivity index (χ1v) is 11.0. The molecule has 0 radical (unpaired) electrons. The van der Waals surface area contributed by atoms with Gasteiger partial charge in [-0.05, 0) is 25.0 Å². The topological polar surface area (TPSA) is 99.2 Å². The zero-order chi connectivity index (χ0) is 20.7. The Labute approximate surface area is 165 Å². The zero-order valence-electron chi connectivity index (χ0n) is 16.5. The van der Waals surface area contributed by atoms with E-state index in [0.29, 0.717) is 18.7 Å². The van der Waals surface area contributed by atoms with Crippen LogP contribution in [0, 0.1) is 0 Å². The molecule has 0 saturated carbocycles. The lowest BCUT2D eigenvalue weighted by Crippen LogP contribution is -2.43. The molecule has 28 heavy (non-hydrogen) atoms. The van der Waals surface area contributed by atoms with Gasteiger partial charge in [-0.2, -0.15) is 0 Å². The fourth-order valence-corrected chi connectivity index (χ4v) is 4.85. The number of amides is 1. The highest BCUT2D eigenvalue weighted by Gasteiger charge is 2.34. The number of nitrogens with zero attached hydrogens (tertiary/aromatic N) is 1. The lowest BCUT2D eigenvalue weighted by atomic mass is 10.2. The normalized spacial score (nSPS) is 17.8. The molecule has 1 aliphatic heterocycles. The highest BCUT2D eigenvalue weighted by atomic mass is 32.2. The minimum absolute atomic E-state index is 0.0390. The highest BCUT2D eigenvalue weighted by molar-refractivity contribution is 7.91. The summed E-state index contributed by atoms with van der Waals surface area (Å²) in [6.07, 6.45) is 2.03. The van der Waals surface area contributed by atoms with Gasteiger partial charge in [-0.15, -0.1) is 0 Å². The second-order valence-electron chi connectivity index (χ2n) is 6.64. The number of rotatable bonds is 9. The number of esters is 1. The molecule has 0 bridgehead atoms. The standard InChI is InChI=1S/C19H27NO7S/c1-4-5-9-20(14-8-10-28(23,24)13-14)18(21)12-27-19(22)16-7-6-15(25-2)11-17(16)26-3/h6-7,11,14H,4-5,8-10,12-13H2,1-3H3/t14-/m1/s1. The number of unbranched alkanes of at least 4 members (excludes halogenated alkanes) is 1. The average Bonchev–Trinajstić information content (AvgIpc) is 3.05. The van der Waals surface area contributed by atoms with Crippen molar-refractivity contribution in [1.82, 2.24) is 4.90 Å². The number of sulfone groups is 1. The van der Waals surface area contributed by atoms with Crippen LogP contribution in [-0.2, 0) is 19.4 Å². The zero-order valence-corrected chi connectivity index (χ0v) is 17.3. The van der Waals surface area contributed by atoms with E-state index < -0.39 is 28.3 Å². The van der Waals surface area contributed by atoms with E-state index in [0.717, 1.165) is 12.8 Å². The molecule has 0 aliphatic carbocycles. The predicted molar refractivity (Wildman–Crippen MR) is 104 cm³/mol. The van der Waals surface area contributed by atoms with E-state index in [1.807, 2.05) is 6.92 Å². The highest BCUT2D eigenvalue weighted by Crippen LogP contribution is 2.25.